The molecule has 25 heavy (non-hydrogen) atoms. The van der Waals surface area contributed by atoms with Crippen molar-refractivity contribution in [1.29, 1.82) is 0 Å². The van der Waals surface area contributed by atoms with Crippen LogP contribution in [0.2, 0.25) is 0 Å². The number of hydrogen-bond donors (Lipinski definition) is 3. The second-order valence-electron chi connectivity index (χ2n) is 6.05. The number of guanidine groups is 1. The van der Waals surface area contributed by atoms with Crippen LogP contribution >= 0.6 is 0 Å². The van der Waals surface area contributed by atoms with Gasteiger partial charge in [0.25, 0.3) is 0 Å². The van der Waals surface area contributed by atoms with E-state index in [9.17, 15) is 5.11 Å². The Kier molecular flexibility index (Phi) is 7.47. The van der Waals surface area contributed by atoms with Crippen molar-refractivity contribution < 1.29 is 5.11 Å². The van der Waals surface area contributed by atoms with Crippen molar-refractivity contribution in [3.05, 3.63) is 52.8 Å². The van der Waals surface area contributed by atoms with E-state index in [4.69, 9.17) is 0 Å². The molecule has 2 aromatic rings. The first-order valence-corrected chi connectivity index (χ1v) is 8.85. The third kappa shape index (κ3) is 5.90. The summed E-state index contributed by atoms with van der Waals surface area (Å²) in [6, 6.07) is 9.93. The zero-order chi connectivity index (χ0) is 18.1. The molecule has 0 aliphatic rings. The fourth-order valence-corrected chi connectivity index (χ4v) is 2.71. The normalized spacial score (nSPS) is 11.6. The predicted octanol–water partition coefficient (Wildman–Crippen LogP) is 2.14. The van der Waals surface area contributed by atoms with E-state index in [0.717, 1.165) is 48.8 Å². The van der Waals surface area contributed by atoms with Crippen molar-refractivity contribution >= 4 is 5.96 Å². The molecule has 1 aromatic heterocycles. The van der Waals surface area contributed by atoms with Gasteiger partial charge < -0.3 is 15.7 Å². The van der Waals surface area contributed by atoms with Gasteiger partial charge in [-0.25, -0.2) is 4.99 Å². The summed E-state index contributed by atoms with van der Waals surface area (Å²) in [5.41, 5.74) is 4.22. The Morgan fingerprint density at radius 3 is 2.60 bits per heavy atom. The minimum Gasteiger partial charge on any atom is -0.392 e. The summed E-state index contributed by atoms with van der Waals surface area (Å²) < 4.78 is 2.04. The summed E-state index contributed by atoms with van der Waals surface area (Å²) in [7, 11) is 0. The highest BCUT2D eigenvalue weighted by atomic mass is 16.3. The Bertz CT molecular complexity index is 693. The molecule has 0 aliphatic heterocycles. The smallest absolute Gasteiger partial charge is 0.191 e. The SMILES string of the molecule is CCNC(=NCc1ccccc1CO)NCCCn1nc(C)cc1C. The molecule has 0 spiro atoms. The van der Waals surface area contributed by atoms with Gasteiger partial charge in [0.2, 0.25) is 0 Å². The van der Waals surface area contributed by atoms with E-state index in [1.165, 1.54) is 5.69 Å². The number of rotatable bonds is 8. The summed E-state index contributed by atoms with van der Waals surface area (Å²) in [5, 5.41) is 20.5. The molecular formula is C19H29N5O. The molecule has 0 saturated heterocycles. The average molecular weight is 343 g/mol. The van der Waals surface area contributed by atoms with Gasteiger partial charge in [-0.05, 0) is 44.4 Å². The van der Waals surface area contributed by atoms with E-state index in [1.54, 1.807) is 0 Å². The average Bonchev–Trinajstić information content (AvgIpc) is 2.94. The van der Waals surface area contributed by atoms with E-state index < -0.39 is 0 Å². The van der Waals surface area contributed by atoms with Crippen LogP contribution in [-0.2, 0) is 19.7 Å². The lowest BCUT2D eigenvalue weighted by molar-refractivity contribution is 0.280. The van der Waals surface area contributed by atoms with Crippen molar-refractivity contribution in [3.63, 3.8) is 0 Å². The molecule has 2 rings (SSSR count). The van der Waals surface area contributed by atoms with E-state index in [-0.39, 0.29) is 6.61 Å². The maximum atomic E-state index is 9.40. The molecule has 0 atom stereocenters. The minimum atomic E-state index is 0.0400. The van der Waals surface area contributed by atoms with Crippen molar-refractivity contribution in [2.75, 3.05) is 13.1 Å². The maximum absolute atomic E-state index is 9.40. The first-order valence-electron chi connectivity index (χ1n) is 8.85. The molecule has 0 saturated carbocycles. The zero-order valence-corrected chi connectivity index (χ0v) is 15.4. The summed E-state index contributed by atoms with van der Waals surface area (Å²) in [6.07, 6.45) is 0.972. The molecule has 1 aromatic carbocycles. The molecule has 3 N–H and O–H groups in total. The summed E-state index contributed by atoms with van der Waals surface area (Å²) in [6.45, 7) is 9.26. The lowest BCUT2D eigenvalue weighted by Crippen LogP contribution is -2.38. The van der Waals surface area contributed by atoms with E-state index >= 15 is 0 Å². The van der Waals surface area contributed by atoms with Crippen molar-refractivity contribution in [1.82, 2.24) is 20.4 Å². The quantitative estimate of drug-likeness (QED) is 0.390. The lowest BCUT2D eigenvalue weighted by atomic mass is 10.1. The lowest BCUT2D eigenvalue weighted by Gasteiger charge is -2.12. The number of hydrogen-bond acceptors (Lipinski definition) is 3. The van der Waals surface area contributed by atoms with Crippen LogP contribution in [-0.4, -0.2) is 33.9 Å². The number of aryl methyl sites for hydroxylation is 3. The van der Waals surface area contributed by atoms with Gasteiger partial charge in [0.05, 0.1) is 18.8 Å². The van der Waals surface area contributed by atoms with Crippen molar-refractivity contribution in [2.45, 2.75) is 46.9 Å². The van der Waals surface area contributed by atoms with Crippen LogP contribution in [0.25, 0.3) is 0 Å². The van der Waals surface area contributed by atoms with Crippen LogP contribution in [0.5, 0.6) is 0 Å². The standard InChI is InChI=1S/C19H29N5O/c1-4-20-19(22-13-17-8-5-6-9-18(17)14-25)21-10-7-11-24-16(3)12-15(2)23-24/h5-6,8-9,12,25H,4,7,10-11,13-14H2,1-3H3,(H2,20,21,22). The van der Waals surface area contributed by atoms with Crippen LogP contribution in [0.1, 0.15) is 35.9 Å². The fraction of sp³-hybridized carbons (Fsp3) is 0.474. The highest BCUT2D eigenvalue weighted by Gasteiger charge is 2.03. The molecule has 1 heterocycles. The molecule has 6 heteroatoms. The fourth-order valence-electron chi connectivity index (χ4n) is 2.71. The van der Waals surface area contributed by atoms with Gasteiger partial charge in [-0.2, -0.15) is 5.10 Å². The first-order chi connectivity index (χ1) is 12.1. The van der Waals surface area contributed by atoms with Crippen LogP contribution < -0.4 is 10.6 Å². The Hall–Kier alpha value is -2.34. The van der Waals surface area contributed by atoms with E-state index in [0.29, 0.717) is 6.54 Å². The number of aliphatic hydroxyl groups is 1. The molecule has 6 nitrogen and oxygen atoms in total. The van der Waals surface area contributed by atoms with Crippen LogP contribution in [0.4, 0.5) is 0 Å². The molecule has 0 bridgehead atoms. The van der Waals surface area contributed by atoms with Gasteiger partial charge in [0, 0.05) is 25.3 Å². The largest absolute Gasteiger partial charge is 0.392 e. The summed E-state index contributed by atoms with van der Waals surface area (Å²) >= 11 is 0. The predicted molar refractivity (Wildman–Crippen MR) is 102 cm³/mol. The van der Waals surface area contributed by atoms with Gasteiger partial charge in [0.1, 0.15) is 0 Å². The topological polar surface area (TPSA) is 74.5 Å². The summed E-state index contributed by atoms with van der Waals surface area (Å²) in [4.78, 5) is 4.62. The molecule has 136 valence electrons. The van der Waals surface area contributed by atoms with Crippen molar-refractivity contribution in [2.24, 2.45) is 4.99 Å². The Balaban J connectivity index is 1.86. The molecule has 0 radical (unpaired) electrons. The minimum absolute atomic E-state index is 0.0400. The number of aromatic nitrogens is 2. The number of aliphatic hydroxyl groups excluding tert-OH is 1. The van der Waals surface area contributed by atoms with Gasteiger partial charge in [-0.15, -0.1) is 0 Å². The molecule has 0 fully saturated rings. The number of aliphatic imine (C=N–C) groups is 1. The Morgan fingerprint density at radius 1 is 1.20 bits per heavy atom. The Morgan fingerprint density at radius 2 is 1.96 bits per heavy atom. The molecular weight excluding hydrogens is 314 g/mol. The third-order valence-corrected chi connectivity index (χ3v) is 3.98. The number of nitrogens with zero attached hydrogens (tertiary/aromatic N) is 3. The molecule has 0 amide bonds. The van der Waals surface area contributed by atoms with Gasteiger partial charge in [0.15, 0.2) is 5.96 Å². The molecule has 0 unspecified atom stereocenters. The second kappa shape index (κ2) is 9.84. The van der Waals surface area contributed by atoms with Crippen LogP contribution in [0.15, 0.2) is 35.3 Å². The Labute approximate surface area is 150 Å². The summed E-state index contributed by atoms with van der Waals surface area (Å²) in [5.74, 6) is 0.795. The highest BCUT2D eigenvalue weighted by molar-refractivity contribution is 5.79. The van der Waals surface area contributed by atoms with Crippen LogP contribution in [0, 0.1) is 13.8 Å². The first kappa shape index (κ1) is 19.0. The highest BCUT2D eigenvalue weighted by Crippen LogP contribution is 2.09. The maximum Gasteiger partial charge on any atom is 0.191 e. The third-order valence-electron chi connectivity index (χ3n) is 3.98. The second-order valence-corrected chi connectivity index (χ2v) is 6.05. The van der Waals surface area contributed by atoms with Gasteiger partial charge in [-0.3, -0.25) is 4.68 Å². The van der Waals surface area contributed by atoms with Gasteiger partial charge >= 0.3 is 0 Å². The van der Waals surface area contributed by atoms with Gasteiger partial charge in [-0.1, -0.05) is 24.3 Å². The zero-order valence-electron chi connectivity index (χ0n) is 15.4. The van der Waals surface area contributed by atoms with E-state index in [1.807, 2.05) is 35.9 Å². The van der Waals surface area contributed by atoms with Crippen LogP contribution in [0.3, 0.4) is 0 Å². The molecule has 0 aliphatic carbocycles. The number of benzene rings is 1. The monoisotopic (exact) mass is 343 g/mol. The van der Waals surface area contributed by atoms with Crippen molar-refractivity contribution in [3.8, 4) is 0 Å². The number of nitrogens with one attached hydrogen (secondary N) is 2. The van der Waals surface area contributed by atoms with E-state index in [2.05, 4.69) is 40.6 Å².